The van der Waals surface area contributed by atoms with E-state index in [-0.39, 0.29) is 22.7 Å². The van der Waals surface area contributed by atoms with Gasteiger partial charge in [-0.1, -0.05) is 0 Å². The van der Waals surface area contributed by atoms with Crippen molar-refractivity contribution in [3.63, 3.8) is 0 Å². The average Bonchev–Trinajstić information content (AvgIpc) is 3.49. The Morgan fingerprint density at radius 1 is 1.16 bits per heavy atom. The van der Waals surface area contributed by atoms with Crippen LogP contribution in [0.25, 0.3) is 10.9 Å². The van der Waals surface area contributed by atoms with Crippen molar-refractivity contribution in [2.75, 3.05) is 29.3 Å². The maximum Gasteiger partial charge on any atom is 0.263 e. The van der Waals surface area contributed by atoms with E-state index in [0.29, 0.717) is 24.8 Å². The first-order chi connectivity index (χ1) is 17.6. The molecule has 8 nitrogen and oxygen atoms in total. The number of anilines is 2. The van der Waals surface area contributed by atoms with E-state index in [1.807, 2.05) is 36.3 Å². The lowest BCUT2D eigenvalue weighted by Crippen LogP contribution is -2.55. The number of benzene rings is 2. The number of carbonyl (C=O) groups excluding carboxylic acids is 1. The molecule has 37 heavy (non-hydrogen) atoms. The lowest BCUT2D eigenvalue weighted by molar-refractivity contribution is -0.136. The first-order valence-electron chi connectivity index (χ1n) is 12.0. The van der Waals surface area contributed by atoms with E-state index in [4.69, 9.17) is 0 Å². The second-order valence-corrected chi connectivity index (χ2v) is 11.9. The third kappa shape index (κ3) is 4.93. The van der Waals surface area contributed by atoms with Crippen LogP contribution >= 0.6 is 11.3 Å². The van der Waals surface area contributed by atoms with Gasteiger partial charge in [0.25, 0.3) is 10.0 Å². The molecule has 3 heterocycles. The van der Waals surface area contributed by atoms with Crippen LogP contribution in [0, 0.1) is 12.7 Å². The first kappa shape index (κ1) is 25.2. The summed E-state index contributed by atoms with van der Waals surface area (Å²) in [6, 6.07) is 12.8. The van der Waals surface area contributed by atoms with Crippen LogP contribution in [-0.2, 0) is 14.8 Å². The molecule has 2 aromatic carbocycles. The Kier molecular flexibility index (Phi) is 6.67. The lowest BCUT2D eigenvalue weighted by Gasteiger charge is -2.42. The average molecular weight is 542 g/mol. The lowest BCUT2D eigenvalue weighted by atomic mass is 10.1. The molecule has 1 amide bonds. The van der Waals surface area contributed by atoms with E-state index in [1.165, 1.54) is 23.5 Å². The number of fused-ring (bicyclic) bond motifs is 1. The number of halogens is 1. The van der Waals surface area contributed by atoms with Crippen LogP contribution in [0.5, 0.6) is 0 Å². The summed E-state index contributed by atoms with van der Waals surface area (Å²) >= 11 is 1.22. The Bertz CT molecular complexity index is 1530. The quantitative estimate of drug-likeness (QED) is 0.384. The summed E-state index contributed by atoms with van der Waals surface area (Å²) in [7, 11) is -3.71. The van der Waals surface area contributed by atoms with Crippen LogP contribution in [0.2, 0.25) is 0 Å². The normalized spacial score (nSPS) is 17.2. The van der Waals surface area contributed by atoms with Gasteiger partial charge in [-0.25, -0.2) is 17.8 Å². The molecule has 5 rings (SSSR count). The second-order valence-electron chi connectivity index (χ2n) is 9.30. The molecule has 194 valence electrons. The smallest absolute Gasteiger partial charge is 0.263 e. The van der Waals surface area contributed by atoms with Gasteiger partial charge < -0.3 is 14.4 Å². The molecule has 0 bridgehead atoms. The molecule has 0 aliphatic carbocycles. The van der Waals surface area contributed by atoms with E-state index < -0.39 is 16.1 Å². The third-order valence-electron chi connectivity index (χ3n) is 6.81. The zero-order valence-corrected chi connectivity index (χ0v) is 22.4. The molecule has 0 spiro atoms. The first-order valence-corrected chi connectivity index (χ1v) is 14.4. The summed E-state index contributed by atoms with van der Waals surface area (Å²) in [6.07, 6.45) is 1.54. The van der Waals surface area contributed by atoms with Gasteiger partial charge in [0.15, 0.2) is 5.13 Å². The van der Waals surface area contributed by atoms with E-state index in [9.17, 15) is 17.6 Å². The number of amides is 1. The number of aryl methyl sites for hydroxylation is 1. The number of thiazole rings is 1. The van der Waals surface area contributed by atoms with Gasteiger partial charge in [-0.15, -0.1) is 11.3 Å². The Hall–Kier alpha value is -3.44. The van der Waals surface area contributed by atoms with E-state index in [1.54, 1.807) is 41.9 Å². The molecule has 2 unspecified atom stereocenters. The van der Waals surface area contributed by atoms with Crippen molar-refractivity contribution in [3.05, 3.63) is 71.6 Å². The maximum absolute atomic E-state index is 13.7. The van der Waals surface area contributed by atoms with Gasteiger partial charge in [-0.2, -0.15) is 0 Å². The fraction of sp³-hybridized carbons (Fsp3) is 0.308. The van der Waals surface area contributed by atoms with Gasteiger partial charge in [0.2, 0.25) is 5.91 Å². The van der Waals surface area contributed by atoms with Crippen molar-refractivity contribution in [2.45, 2.75) is 37.8 Å². The number of rotatable bonds is 6. The van der Waals surface area contributed by atoms with Crippen molar-refractivity contribution in [3.8, 4) is 0 Å². The monoisotopic (exact) mass is 541 g/mol. The number of nitrogens with zero attached hydrogens (tertiary/aromatic N) is 4. The van der Waals surface area contributed by atoms with Gasteiger partial charge >= 0.3 is 0 Å². The molecule has 1 fully saturated rings. The van der Waals surface area contributed by atoms with Crippen molar-refractivity contribution >= 4 is 49.0 Å². The predicted octanol–water partition coefficient (Wildman–Crippen LogP) is 4.64. The molecule has 0 saturated carbocycles. The standard InChI is InChI=1S/C26H28FN5O3S2/c1-17-14-20-15-21(27)4-9-24(20)32(17)19(3)25(33)31-12-11-30(16-18(31)2)22-5-7-23(8-6-22)37(34,35)29-26-28-10-13-36-26/h4-10,13-15,18-19H,11-12,16H2,1-3H3,(H,28,29). The molecule has 2 atom stereocenters. The fourth-order valence-electron chi connectivity index (χ4n) is 5.01. The van der Waals surface area contributed by atoms with E-state index in [2.05, 4.69) is 14.6 Å². The van der Waals surface area contributed by atoms with E-state index >= 15 is 0 Å². The van der Waals surface area contributed by atoms with Crippen LogP contribution in [0.4, 0.5) is 15.2 Å². The zero-order chi connectivity index (χ0) is 26.3. The van der Waals surface area contributed by atoms with Crippen molar-refractivity contribution in [1.82, 2.24) is 14.5 Å². The molecule has 11 heteroatoms. The van der Waals surface area contributed by atoms with Gasteiger partial charge in [0.05, 0.1) is 4.90 Å². The molecule has 1 aliphatic heterocycles. The molecule has 1 aliphatic rings. The molecule has 4 aromatic rings. The van der Waals surface area contributed by atoms with Gasteiger partial charge in [-0.05, 0) is 69.3 Å². The molecule has 2 aromatic heterocycles. The predicted molar refractivity (Wildman–Crippen MR) is 144 cm³/mol. The molecular weight excluding hydrogens is 513 g/mol. The number of nitrogens with one attached hydrogen (secondary N) is 1. The maximum atomic E-state index is 13.7. The minimum Gasteiger partial charge on any atom is -0.368 e. The largest absolute Gasteiger partial charge is 0.368 e. The third-order valence-corrected chi connectivity index (χ3v) is 8.99. The van der Waals surface area contributed by atoms with Gasteiger partial charge in [-0.3, -0.25) is 9.52 Å². The van der Waals surface area contributed by atoms with Crippen molar-refractivity contribution in [2.24, 2.45) is 0 Å². The van der Waals surface area contributed by atoms with Crippen LogP contribution in [0.15, 0.2) is 65.0 Å². The highest BCUT2D eigenvalue weighted by Gasteiger charge is 2.32. The van der Waals surface area contributed by atoms with Gasteiger partial charge in [0.1, 0.15) is 11.9 Å². The Morgan fingerprint density at radius 2 is 1.92 bits per heavy atom. The number of hydrogen-bond donors (Lipinski definition) is 1. The Labute approximate surface area is 219 Å². The van der Waals surface area contributed by atoms with Crippen LogP contribution in [0.3, 0.4) is 0 Å². The number of hydrogen-bond acceptors (Lipinski definition) is 6. The van der Waals surface area contributed by atoms with Crippen LogP contribution in [0.1, 0.15) is 25.6 Å². The number of sulfonamides is 1. The number of piperazine rings is 1. The van der Waals surface area contributed by atoms with E-state index in [0.717, 1.165) is 22.3 Å². The summed E-state index contributed by atoms with van der Waals surface area (Å²) < 4.78 is 43.4. The van der Waals surface area contributed by atoms with Gasteiger partial charge in [0, 0.05) is 59.5 Å². The highest BCUT2D eigenvalue weighted by Crippen LogP contribution is 2.28. The summed E-state index contributed by atoms with van der Waals surface area (Å²) in [5, 5.41) is 2.81. The molecule has 1 saturated heterocycles. The molecular formula is C26H28FN5O3S2. The van der Waals surface area contributed by atoms with Crippen LogP contribution in [-0.4, -0.2) is 54.5 Å². The number of aromatic nitrogens is 2. The summed E-state index contributed by atoms with van der Waals surface area (Å²) in [4.78, 5) is 21.7. The summed E-state index contributed by atoms with van der Waals surface area (Å²) in [6.45, 7) is 7.63. The highest BCUT2D eigenvalue weighted by atomic mass is 32.2. The minimum atomic E-state index is -3.71. The topological polar surface area (TPSA) is 87.5 Å². The fourth-order valence-corrected chi connectivity index (χ4v) is 6.80. The second kappa shape index (κ2) is 9.79. The molecule has 0 radical (unpaired) electrons. The summed E-state index contributed by atoms with van der Waals surface area (Å²) in [5.74, 6) is -0.276. The Morgan fingerprint density at radius 3 is 2.59 bits per heavy atom. The summed E-state index contributed by atoms with van der Waals surface area (Å²) in [5.41, 5.74) is 2.65. The molecule has 1 N–H and O–H groups in total. The minimum absolute atomic E-state index is 0.0202. The highest BCUT2D eigenvalue weighted by molar-refractivity contribution is 7.93. The van der Waals surface area contributed by atoms with Crippen LogP contribution < -0.4 is 9.62 Å². The van der Waals surface area contributed by atoms with Crippen molar-refractivity contribution in [1.29, 1.82) is 0 Å². The SMILES string of the molecule is Cc1cc2cc(F)ccc2n1C(C)C(=O)N1CCN(c2ccc(S(=O)(=O)Nc3nccs3)cc2)CC1C. The number of carbonyl (C=O) groups is 1. The zero-order valence-electron chi connectivity index (χ0n) is 20.8. The van der Waals surface area contributed by atoms with Crippen molar-refractivity contribution < 1.29 is 17.6 Å². The Balaban J connectivity index is 1.27.